The number of halogens is 2. The third-order valence-electron chi connectivity index (χ3n) is 6.30. The highest BCUT2D eigenvalue weighted by molar-refractivity contribution is 5.83. The number of anilines is 1. The second-order valence-electron chi connectivity index (χ2n) is 8.20. The van der Waals surface area contributed by atoms with Gasteiger partial charge in [0.25, 0.3) is 0 Å². The molecule has 2 aliphatic rings. The number of fused-ring (bicyclic) bond motifs is 3. The lowest BCUT2D eigenvalue weighted by Gasteiger charge is -2.26. The molecular formula is C24H21F2N5O. The van der Waals surface area contributed by atoms with Gasteiger partial charge in [-0.2, -0.15) is 0 Å². The number of imidazole rings is 1. The van der Waals surface area contributed by atoms with Crippen molar-refractivity contribution in [2.75, 3.05) is 31.2 Å². The highest BCUT2D eigenvalue weighted by Gasteiger charge is 2.28. The molecule has 2 aliphatic heterocycles. The smallest absolute Gasteiger partial charge is 0.225 e. The van der Waals surface area contributed by atoms with Crippen LogP contribution in [0.2, 0.25) is 0 Å². The first-order valence-corrected chi connectivity index (χ1v) is 10.8. The molecule has 1 saturated heterocycles. The van der Waals surface area contributed by atoms with Crippen LogP contribution in [0.4, 0.5) is 14.7 Å². The number of aromatic nitrogens is 4. The third kappa shape index (κ3) is 3.22. The van der Waals surface area contributed by atoms with Gasteiger partial charge in [0.15, 0.2) is 0 Å². The van der Waals surface area contributed by atoms with Gasteiger partial charge < -0.3 is 14.2 Å². The standard InChI is InChI=1S/C24H21F2N5O/c25-17-3-1-15(2-4-17)21-5-6-23-29-20-12-19(26)18(11-22(20)31(21)23)16-13-27-24(28-14-16)30-7-9-32-10-8-30/h1-4,11-14,21H,5-10H2. The normalized spacial score (nSPS) is 18.3. The van der Waals surface area contributed by atoms with E-state index in [-0.39, 0.29) is 17.7 Å². The summed E-state index contributed by atoms with van der Waals surface area (Å²) >= 11 is 0. The summed E-state index contributed by atoms with van der Waals surface area (Å²) in [5.74, 6) is 0.938. The highest BCUT2D eigenvalue weighted by atomic mass is 19.1. The van der Waals surface area contributed by atoms with Gasteiger partial charge in [-0.25, -0.2) is 23.7 Å². The number of hydrogen-bond donors (Lipinski definition) is 0. The lowest BCUT2D eigenvalue weighted by Crippen LogP contribution is -2.37. The summed E-state index contributed by atoms with van der Waals surface area (Å²) in [6.45, 7) is 2.79. The SMILES string of the molecule is Fc1ccc(C2CCc3nc4cc(F)c(-c5cnc(N6CCOCC6)nc5)cc4n32)cc1. The summed E-state index contributed by atoms with van der Waals surface area (Å²) in [5.41, 5.74) is 3.57. The fourth-order valence-corrected chi connectivity index (χ4v) is 4.69. The zero-order valence-electron chi connectivity index (χ0n) is 17.3. The fourth-order valence-electron chi connectivity index (χ4n) is 4.69. The van der Waals surface area contributed by atoms with E-state index in [0.29, 0.717) is 35.8 Å². The van der Waals surface area contributed by atoms with Gasteiger partial charge in [-0.1, -0.05) is 12.1 Å². The Morgan fingerprint density at radius 3 is 2.47 bits per heavy atom. The molecule has 1 fully saturated rings. The Hall–Kier alpha value is -3.39. The fraction of sp³-hybridized carbons (Fsp3) is 0.292. The number of nitrogens with zero attached hydrogens (tertiary/aromatic N) is 5. The average Bonchev–Trinajstić information content (AvgIpc) is 3.39. The van der Waals surface area contributed by atoms with Crippen molar-refractivity contribution in [1.82, 2.24) is 19.5 Å². The molecular weight excluding hydrogens is 412 g/mol. The van der Waals surface area contributed by atoms with Crippen molar-refractivity contribution in [3.05, 3.63) is 71.8 Å². The monoisotopic (exact) mass is 433 g/mol. The number of ether oxygens (including phenoxy) is 1. The molecule has 0 aliphatic carbocycles. The molecule has 0 saturated carbocycles. The van der Waals surface area contributed by atoms with E-state index < -0.39 is 0 Å². The molecule has 0 spiro atoms. The minimum absolute atomic E-state index is 0.0499. The van der Waals surface area contributed by atoms with Crippen molar-refractivity contribution in [3.63, 3.8) is 0 Å². The minimum Gasteiger partial charge on any atom is -0.378 e. The van der Waals surface area contributed by atoms with Crippen LogP contribution in [0.15, 0.2) is 48.8 Å². The Morgan fingerprint density at radius 2 is 1.72 bits per heavy atom. The highest BCUT2D eigenvalue weighted by Crippen LogP contribution is 2.37. The number of rotatable bonds is 3. The predicted octanol–water partition coefficient (Wildman–Crippen LogP) is 4.14. The molecule has 6 rings (SSSR count). The molecule has 32 heavy (non-hydrogen) atoms. The first-order chi connectivity index (χ1) is 15.7. The Kier molecular flexibility index (Phi) is 4.61. The van der Waals surface area contributed by atoms with Crippen molar-refractivity contribution in [2.45, 2.75) is 18.9 Å². The van der Waals surface area contributed by atoms with Gasteiger partial charge in [0.05, 0.1) is 30.3 Å². The molecule has 0 bridgehead atoms. The van der Waals surface area contributed by atoms with E-state index in [4.69, 9.17) is 4.74 Å². The van der Waals surface area contributed by atoms with Crippen LogP contribution in [-0.2, 0) is 11.2 Å². The summed E-state index contributed by atoms with van der Waals surface area (Å²) < 4.78 is 35.9. The molecule has 4 heterocycles. The molecule has 6 nitrogen and oxygen atoms in total. The van der Waals surface area contributed by atoms with Crippen LogP contribution in [0.25, 0.3) is 22.2 Å². The predicted molar refractivity (Wildman–Crippen MR) is 117 cm³/mol. The second-order valence-corrected chi connectivity index (χ2v) is 8.20. The Balaban J connectivity index is 1.39. The van der Waals surface area contributed by atoms with E-state index in [1.807, 2.05) is 18.2 Å². The topological polar surface area (TPSA) is 56.1 Å². The molecule has 2 aromatic carbocycles. The quantitative estimate of drug-likeness (QED) is 0.486. The number of hydrogen-bond acceptors (Lipinski definition) is 5. The Bertz CT molecular complexity index is 1280. The molecule has 8 heteroatoms. The number of benzene rings is 2. The van der Waals surface area contributed by atoms with Crippen LogP contribution >= 0.6 is 0 Å². The minimum atomic E-state index is -0.352. The van der Waals surface area contributed by atoms with Crippen LogP contribution in [0.1, 0.15) is 23.9 Å². The molecule has 4 aromatic rings. The average molecular weight is 433 g/mol. The second kappa shape index (κ2) is 7.63. The lowest BCUT2D eigenvalue weighted by molar-refractivity contribution is 0.122. The number of morpholine rings is 1. The molecule has 2 aromatic heterocycles. The van der Waals surface area contributed by atoms with Crippen LogP contribution in [-0.4, -0.2) is 45.8 Å². The molecule has 0 amide bonds. The van der Waals surface area contributed by atoms with Crippen molar-refractivity contribution >= 4 is 17.0 Å². The lowest BCUT2D eigenvalue weighted by atomic mass is 10.0. The summed E-state index contributed by atoms with van der Waals surface area (Å²) in [5, 5.41) is 0. The van der Waals surface area contributed by atoms with Gasteiger partial charge in [-0.15, -0.1) is 0 Å². The summed E-state index contributed by atoms with van der Waals surface area (Å²) in [6, 6.07) is 9.93. The molecule has 1 atom stereocenters. The van der Waals surface area contributed by atoms with Crippen LogP contribution in [0.5, 0.6) is 0 Å². The van der Waals surface area contributed by atoms with Gasteiger partial charge in [-0.05, 0) is 30.2 Å². The zero-order chi connectivity index (χ0) is 21.7. The van der Waals surface area contributed by atoms with Crippen molar-refractivity contribution in [2.24, 2.45) is 0 Å². The van der Waals surface area contributed by atoms with Gasteiger partial charge >= 0.3 is 0 Å². The van der Waals surface area contributed by atoms with Crippen LogP contribution in [0, 0.1) is 11.6 Å². The summed E-state index contributed by atoms with van der Waals surface area (Å²) in [4.78, 5) is 15.6. The van der Waals surface area contributed by atoms with E-state index >= 15 is 4.39 Å². The first kappa shape index (κ1) is 19.3. The van der Waals surface area contributed by atoms with E-state index in [1.165, 1.54) is 18.2 Å². The van der Waals surface area contributed by atoms with E-state index in [2.05, 4.69) is 24.4 Å². The zero-order valence-corrected chi connectivity index (χ0v) is 17.3. The molecule has 0 radical (unpaired) electrons. The van der Waals surface area contributed by atoms with Crippen molar-refractivity contribution in [3.8, 4) is 11.1 Å². The van der Waals surface area contributed by atoms with E-state index in [9.17, 15) is 4.39 Å². The van der Waals surface area contributed by atoms with Gasteiger partial charge in [0.2, 0.25) is 5.95 Å². The summed E-state index contributed by atoms with van der Waals surface area (Å²) in [7, 11) is 0. The van der Waals surface area contributed by atoms with Crippen molar-refractivity contribution < 1.29 is 13.5 Å². The molecule has 162 valence electrons. The third-order valence-corrected chi connectivity index (χ3v) is 6.30. The van der Waals surface area contributed by atoms with Gasteiger partial charge in [-0.3, -0.25) is 0 Å². The van der Waals surface area contributed by atoms with Gasteiger partial charge in [0.1, 0.15) is 17.5 Å². The first-order valence-electron chi connectivity index (χ1n) is 10.8. The molecule has 0 N–H and O–H groups in total. The molecule has 1 unspecified atom stereocenters. The Labute approximate surface area is 183 Å². The maximum absolute atomic E-state index is 15.0. The van der Waals surface area contributed by atoms with E-state index in [0.717, 1.165) is 42.8 Å². The summed E-state index contributed by atoms with van der Waals surface area (Å²) in [6.07, 6.45) is 5.01. The van der Waals surface area contributed by atoms with Gasteiger partial charge in [0, 0.05) is 49.1 Å². The van der Waals surface area contributed by atoms with Crippen LogP contribution < -0.4 is 4.90 Å². The maximum Gasteiger partial charge on any atom is 0.225 e. The van der Waals surface area contributed by atoms with E-state index in [1.54, 1.807) is 12.4 Å². The maximum atomic E-state index is 15.0. The van der Waals surface area contributed by atoms with Crippen molar-refractivity contribution in [1.29, 1.82) is 0 Å². The number of aryl methyl sites for hydroxylation is 1. The largest absolute Gasteiger partial charge is 0.378 e. The Morgan fingerprint density at radius 1 is 0.969 bits per heavy atom. The van der Waals surface area contributed by atoms with Crippen LogP contribution in [0.3, 0.4) is 0 Å².